The Morgan fingerprint density at radius 1 is 1.17 bits per heavy atom. The summed E-state index contributed by atoms with van der Waals surface area (Å²) in [6.45, 7) is 12.5. The van der Waals surface area contributed by atoms with Crippen molar-refractivity contribution in [2.24, 2.45) is 22.6 Å². The summed E-state index contributed by atoms with van der Waals surface area (Å²) in [7, 11) is 0. The number of hydrogen-bond donors (Lipinski definition) is 2. The summed E-state index contributed by atoms with van der Waals surface area (Å²) in [4.78, 5) is 4.44. The third-order valence-electron chi connectivity index (χ3n) is 4.36. The van der Waals surface area contributed by atoms with E-state index in [2.05, 4.69) is 36.8 Å². The zero-order valence-corrected chi connectivity index (χ0v) is 15.0. The molecule has 3 nitrogen and oxygen atoms in total. The van der Waals surface area contributed by atoms with Gasteiger partial charge in [0.1, 0.15) is 5.82 Å². The van der Waals surface area contributed by atoms with Crippen molar-refractivity contribution in [3.05, 3.63) is 71.6 Å². The minimum atomic E-state index is 0.471. The first kappa shape index (κ1) is 17.8. The van der Waals surface area contributed by atoms with Crippen molar-refractivity contribution in [3.8, 4) is 0 Å². The highest BCUT2D eigenvalue weighted by Crippen LogP contribution is 2.21. The molecule has 2 atom stereocenters. The molecule has 1 aliphatic rings. The van der Waals surface area contributed by atoms with E-state index in [0.717, 1.165) is 33.9 Å². The molecule has 126 valence electrons. The van der Waals surface area contributed by atoms with Gasteiger partial charge in [-0.3, -0.25) is 0 Å². The number of hydrogen-bond acceptors (Lipinski definition) is 3. The number of aliphatic imine (C=N–C) groups is 1. The highest BCUT2D eigenvalue weighted by atomic mass is 15.0. The molecular formula is C21H27N3. The second kappa shape index (κ2) is 7.82. The average Bonchev–Trinajstić information content (AvgIpc) is 2.58. The van der Waals surface area contributed by atoms with E-state index >= 15 is 0 Å². The van der Waals surface area contributed by atoms with Gasteiger partial charge < -0.3 is 11.1 Å². The zero-order chi connectivity index (χ0) is 17.7. The molecule has 3 N–H and O–H groups in total. The Balaban J connectivity index is 2.11. The molecule has 0 amide bonds. The molecule has 0 aliphatic carbocycles. The quantitative estimate of drug-likeness (QED) is 0.772. The lowest BCUT2D eigenvalue weighted by Gasteiger charge is -2.20. The Bertz CT molecular complexity index is 718. The van der Waals surface area contributed by atoms with Crippen LogP contribution in [0, 0.1) is 11.8 Å². The van der Waals surface area contributed by atoms with Gasteiger partial charge in [0.15, 0.2) is 0 Å². The Morgan fingerprint density at radius 2 is 1.79 bits per heavy atom. The normalized spacial score (nSPS) is 21.4. The molecule has 24 heavy (non-hydrogen) atoms. The van der Waals surface area contributed by atoms with Crippen LogP contribution in [0.25, 0.3) is 11.4 Å². The van der Waals surface area contributed by atoms with Crippen LogP contribution in [-0.4, -0.2) is 6.21 Å². The average molecular weight is 321 g/mol. The van der Waals surface area contributed by atoms with Crippen LogP contribution in [0.2, 0.25) is 0 Å². The maximum Gasteiger partial charge on any atom is 0.126 e. The van der Waals surface area contributed by atoms with Crippen LogP contribution >= 0.6 is 0 Å². The second-order valence-corrected chi connectivity index (χ2v) is 6.33. The maximum absolute atomic E-state index is 6.19. The molecule has 0 radical (unpaired) electrons. The topological polar surface area (TPSA) is 50.4 Å². The van der Waals surface area contributed by atoms with Crippen molar-refractivity contribution in [3.63, 3.8) is 0 Å². The van der Waals surface area contributed by atoms with Gasteiger partial charge in [-0.15, -0.1) is 0 Å². The lowest BCUT2D eigenvalue weighted by atomic mass is 9.95. The fourth-order valence-corrected chi connectivity index (χ4v) is 2.50. The van der Waals surface area contributed by atoms with Gasteiger partial charge >= 0.3 is 0 Å². The minimum absolute atomic E-state index is 0.471. The number of benzene rings is 1. The van der Waals surface area contributed by atoms with Crippen LogP contribution in [0.1, 0.15) is 38.8 Å². The van der Waals surface area contributed by atoms with Gasteiger partial charge in [-0.2, -0.15) is 0 Å². The fourth-order valence-electron chi connectivity index (χ4n) is 2.50. The number of nitrogens with one attached hydrogen (secondary N) is 1. The smallest absolute Gasteiger partial charge is 0.126 e. The SMILES string of the molecule is C=C(NC1=CC(C)C(C)C=N1)c1ccc(/C(N)=C(C)/C=C\C)cc1. The maximum atomic E-state index is 6.19. The van der Waals surface area contributed by atoms with Crippen molar-refractivity contribution in [2.75, 3.05) is 0 Å². The highest BCUT2D eigenvalue weighted by molar-refractivity contribution is 5.71. The van der Waals surface area contributed by atoms with E-state index in [-0.39, 0.29) is 0 Å². The first-order valence-electron chi connectivity index (χ1n) is 8.34. The van der Waals surface area contributed by atoms with E-state index in [1.165, 1.54) is 0 Å². The Hall–Kier alpha value is -2.55. The largest absolute Gasteiger partial charge is 0.398 e. The molecule has 3 heteroatoms. The third kappa shape index (κ3) is 4.25. The van der Waals surface area contributed by atoms with Gasteiger partial charge in [-0.1, -0.05) is 56.8 Å². The van der Waals surface area contributed by atoms with E-state index in [0.29, 0.717) is 11.8 Å². The standard InChI is InChI=1S/C21H27N3/c1-6-7-14(2)21(22)19-10-8-18(9-11-19)17(5)24-20-12-15(3)16(4)13-23-20/h6-13,15-16,24H,5,22H2,1-4H3/b7-6-,21-14-. The molecule has 1 aromatic carbocycles. The summed E-state index contributed by atoms with van der Waals surface area (Å²) in [5.74, 6) is 1.80. The molecule has 2 rings (SSSR count). The molecular weight excluding hydrogens is 294 g/mol. The fraction of sp³-hybridized carbons (Fsp3) is 0.286. The minimum Gasteiger partial charge on any atom is -0.398 e. The molecule has 0 aromatic heterocycles. The molecule has 0 fully saturated rings. The summed E-state index contributed by atoms with van der Waals surface area (Å²) in [6.07, 6.45) is 8.13. The van der Waals surface area contributed by atoms with Crippen LogP contribution in [-0.2, 0) is 0 Å². The van der Waals surface area contributed by atoms with Crippen molar-refractivity contribution in [1.29, 1.82) is 0 Å². The molecule has 1 heterocycles. The Kier molecular flexibility index (Phi) is 5.80. The number of rotatable bonds is 5. The number of nitrogens with zero attached hydrogens (tertiary/aromatic N) is 1. The number of nitrogens with two attached hydrogens (primary N) is 1. The van der Waals surface area contributed by atoms with Crippen molar-refractivity contribution in [2.45, 2.75) is 27.7 Å². The first-order chi connectivity index (χ1) is 11.4. The first-order valence-corrected chi connectivity index (χ1v) is 8.34. The zero-order valence-electron chi connectivity index (χ0n) is 15.0. The van der Waals surface area contributed by atoms with Gasteiger partial charge in [0.25, 0.3) is 0 Å². The molecule has 0 bridgehead atoms. The van der Waals surface area contributed by atoms with Gasteiger partial charge in [-0.25, -0.2) is 4.99 Å². The lowest BCUT2D eigenvalue weighted by molar-refractivity contribution is 0.581. The number of allylic oxidation sites excluding steroid dienone is 4. The monoisotopic (exact) mass is 321 g/mol. The summed E-state index contributed by atoms with van der Waals surface area (Å²) in [5, 5.41) is 3.29. The summed E-state index contributed by atoms with van der Waals surface area (Å²) in [6, 6.07) is 8.10. The Labute approximate surface area is 145 Å². The van der Waals surface area contributed by atoms with E-state index in [4.69, 9.17) is 5.73 Å². The molecule has 0 spiro atoms. The lowest BCUT2D eigenvalue weighted by Crippen LogP contribution is -2.18. The van der Waals surface area contributed by atoms with E-state index in [9.17, 15) is 0 Å². The van der Waals surface area contributed by atoms with E-state index in [1.807, 2.05) is 56.5 Å². The van der Waals surface area contributed by atoms with Crippen LogP contribution in [0.5, 0.6) is 0 Å². The summed E-state index contributed by atoms with van der Waals surface area (Å²) >= 11 is 0. The van der Waals surface area contributed by atoms with E-state index < -0.39 is 0 Å². The van der Waals surface area contributed by atoms with Crippen LogP contribution in [0.15, 0.2) is 65.5 Å². The molecule has 2 unspecified atom stereocenters. The molecule has 0 saturated carbocycles. The van der Waals surface area contributed by atoms with Crippen molar-refractivity contribution in [1.82, 2.24) is 5.32 Å². The molecule has 1 aliphatic heterocycles. The van der Waals surface area contributed by atoms with E-state index in [1.54, 1.807) is 0 Å². The highest BCUT2D eigenvalue weighted by Gasteiger charge is 2.13. The van der Waals surface area contributed by atoms with Gasteiger partial charge in [0, 0.05) is 17.6 Å². The van der Waals surface area contributed by atoms with Gasteiger partial charge in [0.05, 0.1) is 0 Å². The Morgan fingerprint density at radius 3 is 2.38 bits per heavy atom. The second-order valence-electron chi connectivity index (χ2n) is 6.33. The molecule has 1 aromatic rings. The predicted octanol–water partition coefficient (Wildman–Crippen LogP) is 4.71. The van der Waals surface area contributed by atoms with Crippen molar-refractivity contribution >= 4 is 17.6 Å². The van der Waals surface area contributed by atoms with Gasteiger partial charge in [-0.05, 0) is 48.5 Å². The summed E-state index contributed by atoms with van der Waals surface area (Å²) in [5.41, 5.74) is 10.9. The van der Waals surface area contributed by atoms with Crippen LogP contribution < -0.4 is 11.1 Å². The van der Waals surface area contributed by atoms with Crippen LogP contribution in [0.4, 0.5) is 0 Å². The predicted molar refractivity (Wildman–Crippen MR) is 105 cm³/mol. The van der Waals surface area contributed by atoms with Crippen LogP contribution in [0.3, 0.4) is 0 Å². The van der Waals surface area contributed by atoms with Gasteiger partial charge in [0.2, 0.25) is 0 Å². The van der Waals surface area contributed by atoms with Crippen molar-refractivity contribution < 1.29 is 0 Å². The summed E-state index contributed by atoms with van der Waals surface area (Å²) < 4.78 is 0. The molecule has 0 saturated heterocycles. The third-order valence-corrected chi connectivity index (χ3v) is 4.36.